The lowest BCUT2D eigenvalue weighted by Gasteiger charge is -2.21. The molecule has 5 atom stereocenters. The minimum atomic E-state index is -4.96. The number of aliphatic hydroxyl groups is 1. The summed E-state index contributed by atoms with van der Waals surface area (Å²) < 4.78 is 68.6. The van der Waals surface area contributed by atoms with Crippen molar-refractivity contribution in [1.29, 1.82) is 0 Å². The third-order valence-corrected chi connectivity index (χ3v) is 19.9. The molecule has 0 amide bonds. The van der Waals surface area contributed by atoms with Gasteiger partial charge in [0, 0.05) is 25.7 Å². The van der Waals surface area contributed by atoms with Crippen LogP contribution in [-0.2, 0) is 65.4 Å². The molecule has 17 nitrogen and oxygen atoms in total. The van der Waals surface area contributed by atoms with Crippen LogP contribution >= 0.6 is 15.6 Å². The molecule has 0 heterocycles. The summed E-state index contributed by atoms with van der Waals surface area (Å²) in [5, 5.41) is 10.6. The topological polar surface area (TPSA) is 237 Å². The van der Waals surface area contributed by atoms with Crippen LogP contribution in [0.4, 0.5) is 0 Å². The summed E-state index contributed by atoms with van der Waals surface area (Å²) in [6.07, 6.45) is 59.5. The molecule has 0 aliphatic heterocycles. The summed E-state index contributed by atoms with van der Waals surface area (Å²) in [5.74, 6) is -1.31. The molecule has 0 aliphatic rings. The summed E-state index contributed by atoms with van der Waals surface area (Å²) >= 11 is 0. The van der Waals surface area contributed by atoms with E-state index in [1.165, 1.54) is 231 Å². The molecule has 0 saturated heterocycles. The SMILES string of the molecule is CCCCCCCCCCCCCCCCCC(=O)OC[C@H](COP(=O)(O)OC[C@@H](O)COP(=O)(O)OC[C@@H](COC(=O)CCCCCCCCCCCC)OC(=O)CCCCCCCCCCCCCCC)OC(=O)CCCCCCCCCCCCCCCCCC(C)C. The number of hydrogen-bond acceptors (Lipinski definition) is 15. The summed E-state index contributed by atoms with van der Waals surface area (Å²) in [6, 6.07) is 0. The van der Waals surface area contributed by atoms with Crippen molar-refractivity contribution in [3.05, 3.63) is 0 Å². The second-order valence-electron chi connectivity index (χ2n) is 28.2. The molecule has 19 heteroatoms. The Morgan fingerprint density at radius 3 is 0.708 bits per heavy atom. The zero-order valence-corrected chi connectivity index (χ0v) is 64.3. The molecule has 0 spiro atoms. The van der Waals surface area contributed by atoms with Gasteiger partial charge in [0.25, 0.3) is 0 Å². The number of phosphoric acid groups is 2. The van der Waals surface area contributed by atoms with Gasteiger partial charge >= 0.3 is 39.5 Å². The van der Waals surface area contributed by atoms with Crippen LogP contribution in [0.3, 0.4) is 0 Å². The van der Waals surface area contributed by atoms with E-state index in [1.807, 2.05) is 0 Å². The molecule has 0 rings (SSSR count). The van der Waals surface area contributed by atoms with Crippen molar-refractivity contribution < 1.29 is 80.2 Å². The van der Waals surface area contributed by atoms with Crippen molar-refractivity contribution in [2.75, 3.05) is 39.6 Å². The van der Waals surface area contributed by atoms with Crippen molar-refractivity contribution in [1.82, 2.24) is 0 Å². The van der Waals surface area contributed by atoms with Crippen LogP contribution in [0.15, 0.2) is 0 Å². The number of unbranched alkanes of at least 4 members (excludes halogenated alkanes) is 49. The van der Waals surface area contributed by atoms with Gasteiger partial charge < -0.3 is 33.8 Å². The lowest BCUT2D eigenvalue weighted by molar-refractivity contribution is -0.161. The monoisotopic (exact) mass is 1410 g/mol. The van der Waals surface area contributed by atoms with Crippen LogP contribution in [0.25, 0.3) is 0 Å². The van der Waals surface area contributed by atoms with Crippen molar-refractivity contribution in [2.24, 2.45) is 5.92 Å². The molecule has 96 heavy (non-hydrogen) atoms. The molecule has 3 N–H and O–H groups in total. The fourth-order valence-corrected chi connectivity index (χ4v) is 13.5. The third kappa shape index (κ3) is 70.5. The summed E-state index contributed by atoms with van der Waals surface area (Å²) in [6.45, 7) is 7.33. The van der Waals surface area contributed by atoms with Gasteiger partial charge in [-0.15, -0.1) is 0 Å². The van der Waals surface area contributed by atoms with Crippen LogP contribution in [-0.4, -0.2) is 96.7 Å². The lowest BCUT2D eigenvalue weighted by Crippen LogP contribution is -2.30. The Bertz CT molecular complexity index is 1840. The lowest BCUT2D eigenvalue weighted by atomic mass is 10.0. The summed E-state index contributed by atoms with van der Waals surface area (Å²) in [4.78, 5) is 72.8. The Kier molecular flexibility index (Phi) is 68.7. The van der Waals surface area contributed by atoms with Gasteiger partial charge in [-0.3, -0.25) is 37.3 Å². The third-order valence-electron chi connectivity index (χ3n) is 18.0. The van der Waals surface area contributed by atoms with Crippen LogP contribution in [0.1, 0.15) is 407 Å². The predicted molar refractivity (Wildman–Crippen MR) is 391 cm³/mol. The number of carbonyl (C=O) groups excluding carboxylic acids is 4. The van der Waals surface area contributed by atoms with Crippen LogP contribution < -0.4 is 0 Å². The van der Waals surface area contributed by atoms with E-state index in [2.05, 4.69) is 34.6 Å². The summed E-state index contributed by atoms with van der Waals surface area (Å²) in [7, 11) is -9.91. The van der Waals surface area contributed by atoms with E-state index in [4.69, 9.17) is 37.0 Å². The smallest absolute Gasteiger partial charge is 0.462 e. The molecule has 0 fully saturated rings. The minimum Gasteiger partial charge on any atom is -0.462 e. The quantitative estimate of drug-likeness (QED) is 0.0222. The molecule has 0 bridgehead atoms. The largest absolute Gasteiger partial charge is 0.472 e. The molecule has 0 aromatic carbocycles. The number of phosphoric ester groups is 2. The van der Waals surface area contributed by atoms with E-state index in [0.29, 0.717) is 25.7 Å². The number of hydrogen-bond donors (Lipinski definition) is 3. The normalized spacial score (nSPS) is 13.9. The van der Waals surface area contributed by atoms with Gasteiger partial charge in [-0.2, -0.15) is 0 Å². The number of aliphatic hydroxyl groups excluding tert-OH is 1. The first kappa shape index (κ1) is 94.1. The average molecular weight is 1410 g/mol. The molecule has 2 unspecified atom stereocenters. The first-order valence-corrected chi connectivity index (χ1v) is 43.1. The molecule has 570 valence electrons. The van der Waals surface area contributed by atoms with Crippen LogP contribution in [0.2, 0.25) is 0 Å². The van der Waals surface area contributed by atoms with Crippen molar-refractivity contribution in [3.8, 4) is 0 Å². The van der Waals surface area contributed by atoms with Crippen molar-refractivity contribution in [3.63, 3.8) is 0 Å². The Labute approximate surface area is 588 Å². The fraction of sp³-hybridized carbons (Fsp3) is 0.948. The van der Waals surface area contributed by atoms with Crippen LogP contribution in [0, 0.1) is 5.92 Å². The second kappa shape index (κ2) is 70.1. The van der Waals surface area contributed by atoms with E-state index in [9.17, 15) is 43.2 Å². The molecule has 0 aromatic heterocycles. The van der Waals surface area contributed by atoms with Gasteiger partial charge in [-0.25, -0.2) is 9.13 Å². The number of rotatable bonds is 77. The first-order valence-electron chi connectivity index (χ1n) is 40.1. The van der Waals surface area contributed by atoms with E-state index < -0.39 is 97.5 Å². The van der Waals surface area contributed by atoms with Gasteiger partial charge in [0.1, 0.15) is 19.3 Å². The molecule has 0 aliphatic carbocycles. The Hall–Kier alpha value is -1.94. The fourth-order valence-electron chi connectivity index (χ4n) is 11.9. The maximum absolute atomic E-state index is 13.1. The molecule has 0 radical (unpaired) electrons. The standard InChI is InChI=1S/C77H150O17P2/c1-6-9-12-15-18-21-24-26-28-33-36-41-46-51-56-61-75(80)88-67-73(94-77(82)63-58-53-48-43-38-34-30-27-29-32-35-39-44-49-54-59-70(4)5)69-92-96(85,86)90-65-71(78)64-89-95(83,84)91-68-72(66-87-74(79)60-55-50-45-40-23-20-17-14-11-8-3)93-76(81)62-57-52-47-42-37-31-25-22-19-16-13-10-7-2/h70-73,78H,6-69H2,1-5H3,(H,83,84)(H,85,86)/t71-,72+,73+/m0/s1. The highest BCUT2D eigenvalue weighted by Crippen LogP contribution is 2.45. The van der Waals surface area contributed by atoms with E-state index in [0.717, 1.165) is 95.8 Å². The van der Waals surface area contributed by atoms with Gasteiger partial charge in [0.05, 0.1) is 26.4 Å². The Balaban J connectivity index is 5.24. The second-order valence-corrected chi connectivity index (χ2v) is 31.1. The summed E-state index contributed by atoms with van der Waals surface area (Å²) in [5.41, 5.74) is 0. The van der Waals surface area contributed by atoms with Gasteiger partial charge in [0.15, 0.2) is 12.2 Å². The average Bonchev–Trinajstić information content (AvgIpc) is 1.42. The highest BCUT2D eigenvalue weighted by molar-refractivity contribution is 7.47. The predicted octanol–water partition coefficient (Wildman–Crippen LogP) is 22.9. The Morgan fingerprint density at radius 2 is 0.479 bits per heavy atom. The Morgan fingerprint density at radius 1 is 0.281 bits per heavy atom. The number of esters is 4. The zero-order chi connectivity index (χ0) is 70.5. The van der Waals surface area contributed by atoms with E-state index in [-0.39, 0.29) is 25.7 Å². The maximum Gasteiger partial charge on any atom is 0.472 e. The van der Waals surface area contributed by atoms with Gasteiger partial charge in [-0.1, -0.05) is 356 Å². The number of ether oxygens (including phenoxy) is 4. The molecular weight excluding hydrogens is 1260 g/mol. The number of carbonyl (C=O) groups is 4. The maximum atomic E-state index is 13.1. The highest BCUT2D eigenvalue weighted by atomic mass is 31.2. The highest BCUT2D eigenvalue weighted by Gasteiger charge is 2.30. The van der Waals surface area contributed by atoms with E-state index in [1.54, 1.807) is 0 Å². The first-order chi connectivity index (χ1) is 46.5. The van der Waals surface area contributed by atoms with Gasteiger partial charge in [0.2, 0.25) is 0 Å². The van der Waals surface area contributed by atoms with Crippen LogP contribution in [0.5, 0.6) is 0 Å². The zero-order valence-electron chi connectivity index (χ0n) is 62.5. The van der Waals surface area contributed by atoms with Crippen molar-refractivity contribution >= 4 is 39.5 Å². The molecule has 0 saturated carbocycles. The molecular formula is C77H150O17P2. The molecule has 0 aromatic rings. The van der Waals surface area contributed by atoms with Crippen molar-refractivity contribution in [2.45, 2.75) is 425 Å². The minimum absolute atomic E-state index is 0.108. The van der Waals surface area contributed by atoms with Gasteiger partial charge in [-0.05, 0) is 31.6 Å². The van der Waals surface area contributed by atoms with E-state index >= 15 is 0 Å².